The third-order valence-electron chi connectivity index (χ3n) is 3.43. The lowest BCUT2D eigenvalue weighted by Gasteiger charge is -2.18. The molecule has 1 fully saturated rings. The van der Waals surface area contributed by atoms with Crippen LogP contribution in [0.15, 0.2) is 18.2 Å². The maximum atomic E-state index is 11.7. The van der Waals surface area contributed by atoms with Crippen molar-refractivity contribution in [3.63, 3.8) is 0 Å². The van der Waals surface area contributed by atoms with Crippen LogP contribution >= 0.6 is 11.6 Å². The molecular weight excluding hydrogens is 290 g/mol. The monoisotopic (exact) mass is 309 g/mol. The third kappa shape index (κ3) is 4.19. The van der Waals surface area contributed by atoms with Gasteiger partial charge in [-0.25, -0.2) is 0 Å². The molecule has 0 atom stereocenters. The first-order valence-corrected chi connectivity index (χ1v) is 7.54. The number of carbonyl (C=O) groups excluding carboxylic acids is 2. The molecule has 1 aromatic rings. The van der Waals surface area contributed by atoms with Gasteiger partial charge in [0.1, 0.15) is 0 Å². The molecule has 6 heteroatoms. The highest BCUT2D eigenvalue weighted by Crippen LogP contribution is 2.31. The fraction of sp³-hybridized carbons (Fsp3) is 0.467. The Balaban J connectivity index is 1.98. The SMILES string of the molecule is CNCCCC(=O)Nc1ccc(N2CCCC2=O)c(Cl)c1. The van der Waals surface area contributed by atoms with Gasteiger partial charge in [0.05, 0.1) is 10.7 Å². The number of hydrogen-bond donors (Lipinski definition) is 2. The largest absolute Gasteiger partial charge is 0.326 e. The Hall–Kier alpha value is -1.59. The van der Waals surface area contributed by atoms with Crippen LogP contribution in [0, 0.1) is 0 Å². The van der Waals surface area contributed by atoms with E-state index in [4.69, 9.17) is 11.6 Å². The molecule has 0 bridgehead atoms. The number of nitrogens with one attached hydrogen (secondary N) is 2. The summed E-state index contributed by atoms with van der Waals surface area (Å²) in [6.07, 6.45) is 2.68. The number of halogens is 1. The summed E-state index contributed by atoms with van der Waals surface area (Å²) in [5, 5.41) is 6.30. The van der Waals surface area contributed by atoms with Gasteiger partial charge >= 0.3 is 0 Å². The molecule has 114 valence electrons. The molecule has 1 aliphatic rings. The van der Waals surface area contributed by atoms with Gasteiger partial charge in [-0.15, -0.1) is 0 Å². The van der Waals surface area contributed by atoms with Crippen molar-refractivity contribution in [2.45, 2.75) is 25.7 Å². The standard InChI is InChI=1S/C15H20ClN3O2/c1-17-8-2-4-14(20)18-11-6-7-13(12(16)10-11)19-9-3-5-15(19)21/h6-7,10,17H,2-5,8-9H2,1H3,(H,18,20). The normalized spacial score (nSPS) is 14.6. The van der Waals surface area contributed by atoms with Gasteiger partial charge in [-0.3, -0.25) is 9.59 Å². The van der Waals surface area contributed by atoms with E-state index in [1.807, 2.05) is 7.05 Å². The summed E-state index contributed by atoms with van der Waals surface area (Å²) < 4.78 is 0. The summed E-state index contributed by atoms with van der Waals surface area (Å²) in [5.74, 6) is 0.0621. The van der Waals surface area contributed by atoms with Crippen LogP contribution in [0.25, 0.3) is 0 Å². The molecule has 1 saturated heterocycles. The number of hydrogen-bond acceptors (Lipinski definition) is 3. The first-order valence-electron chi connectivity index (χ1n) is 7.16. The number of rotatable bonds is 6. The van der Waals surface area contributed by atoms with Crippen molar-refractivity contribution in [1.29, 1.82) is 0 Å². The van der Waals surface area contributed by atoms with Gasteiger partial charge in [0.2, 0.25) is 11.8 Å². The first-order chi connectivity index (χ1) is 10.1. The van der Waals surface area contributed by atoms with Gasteiger partial charge in [0.15, 0.2) is 0 Å². The quantitative estimate of drug-likeness (QED) is 0.793. The molecule has 2 amide bonds. The minimum absolute atomic E-state index is 0.0358. The molecule has 1 aliphatic heterocycles. The van der Waals surface area contributed by atoms with E-state index in [9.17, 15) is 9.59 Å². The predicted molar refractivity (Wildman–Crippen MR) is 84.8 cm³/mol. The number of carbonyl (C=O) groups is 2. The molecule has 0 saturated carbocycles. The van der Waals surface area contributed by atoms with Crippen molar-refractivity contribution >= 4 is 34.8 Å². The van der Waals surface area contributed by atoms with Gasteiger partial charge in [-0.2, -0.15) is 0 Å². The van der Waals surface area contributed by atoms with Crippen molar-refractivity contribution in [2.24, 2.45) is 0 Å². The van der Waals surface area contributed by atoms with Crippen molar-refractivity contribution in [3.8, 4) is 0 Å². The fourth-order valence-corrected chi connectivity index (χ4v) is 2.64. The Morgan fingerprint density at radius 1 is 1.43 bits per heavy atom. The van der Waals surface area contributed by atoms with Crippen molar-refractivity contribution in [2.75, 3.05) is 30.4 Å². The minimum atomic E-state index is -0.0358. The van der Waals surface area contributed by atoms with E-state index in [1.54, 1.807) is 23.1 Å². The average molecular weight is 310 g/mol. The summed E-state index contributed by atoms with van der Waals surface area (Å²) in [5.41, 5.74) is 1.37. The third-order valence-corrected chi connectivity index (χ3v) is 3.73. The molecule has 1 heterocycles. The maximum Gasteiger partial charge on any atom is 0.227 e. The van der Waals surface area contributed by atoms with Crippen LogP contribution < -0.4 is 15.5 Å². The summed E-state index contributed by atoms with van der Waals surface area (Å²) in [4.78, 5) is 25.2. The zero-order chi connectivity index (χ0) is 15.2. The Morgan fingerprint density at radius 3 is 2.86 bits per heavy atom. The van der Waals surface area contributed by atoms with Gasteiger partial charge in [0, 0.05) is 25.1 Å². The maximum absolute atomic E-state index is 11.7. The van der Waals surface area contributed by atoms with Crippen LogP contribution in [-0.2, 0) is 9.59 Å². The predicted octanol–water partition coefficient (Wildman–Crippen LogP) is 2.40. The van der Waals surface area contributed by atoms with Crippen LogP contribution in [0.4, 0.5) is 11.4 Å². The molecule has 0 spiro atoms. The molecular formula is C15H20ClN3O2. The number of anilines is 2. The van der Waals surface area contributed by atoms with Crippen LogP contribution in [0.1, 0.15) is 25.7 Å². The first kappa shape index (κ1) is 15.8. The molecule has 0 aromatic heterocycles. The molecule has 2 N–H and O–H groups in total. The zero-order valence-corrected chi connectivity index (χ0v) is 12.9. The second kappa shape index (κ2) is 7.43. The van der Waals surface area contributed by atoms with Crippen LogP contribution in [0.2, 0.25) is 5.02 Å². The number of nitrogens with zero attached hydrogens (tertiary/aromatic N) is 1. The van der Waals surface area contributed by atoms with Gasteiger partial charge in [-0.05, 0) is 44.6 Å². The van der Waals surface area contributed by atoms with Gasteiger partial charge in [-0.1, -0.05) is 11.6 Å². The van der Waals surface area contributed by atoms with E-state index >= 15 is 0 Å². The van der Waals surface area contributed by atoms with Crippen LogP contribution in [-0.4, -0.2) is 32.0 Å². The summed E-state index contributed by atoms with van der Waals surface area (Å²) >= 11 is 6.23. The van der Waals surface area contributed by atoms with Gasteiger partial charge in [0.25, 0.3) is 0 Å². The second-order valence-corrected chi connectivity index (χ2v) is 5.48. The minimum Gasteiger partial charge on any atom is -0.326 e. The lowest BCUT2D eigenvalue weighted by Crippen LogP contribution is -2.24. The van der Waals surface area contributed by atoms with Crippen molar-refractivity contribution in [3.05, 3.63) is 23.2 Å². The van der Waals surface area contributed by atoms with E-state index in [0.29, 0.717) is 35.8 Å². The molecule has 21 heavy (non-hydrogen) atoms. The van der Waals surface area contributed by atoms with E-state index in [2.05, 4.69) is 10.6 Å². The summed E-state index contributed by atoms with van der Waals surface area (Å²) in [6.45, 7) is 1.51. The molecule has 0 aliphatic carbocycles. The van der Waals surface area contributed by atoms with E-state index in [1.165, 1.54) is 0 Å². The highest BCUT2D eigenvalue weighted by Gasteiger charge is 2.23. The highest BCUT2D eigenvalue weighted by atomic mass is 35.5. The number of benzene rings is 1. The Labute approximate surface area is 129 Å². The van der Waals surface area contributed by atoms with Crippen LogP contribution in [0.3, 0.4) is 0 Å². The van der Waals surface area contributed by atoms with E-state index in [0.717, 1.165) is 19.4 Å². The van der Waals surface area contributed by atoms with Crippen molar-refractivity contribution in [1.82, 2.24) is 5.32 Å². The summed E-state index contributed by atoms with van der Waals surface area (Å²) in [6, 6.07) is 5.26. The zero-order valence-electron chi connectivity index (χ0n) is 12.1. The Kier molecular flexibility index (Phi) is 5.59. The molecule has 5 nitrogen and oxygen atoms in total. The highest BCUT2D eigenvalue weighted by molar-refractivity contribution is 6.34. The van der Waals surface area contributed by atoms with E-state index < -0.39 is 0 Å². The Bertz CT molecular complexity index is 534. The van der Waals surface area contributed by atoms with Crippen LogP contribution in [0.5, 0.6) is 0 Å². The molecule has 0 radical (unpaired) electrons. The summed E-state index contributed by atoms with van der Waals surface area (Å²) in [7, 11) is 1.86. The average Bonchev–Trinajstić information content (AvgIpc) is 2.85. The van der Waals surface area contributed by atoms with Gasteiger partial charge < -0.3 is 15.5 Å². The lowest BCUT2D eigenvalue weighted by atomic mass is 10.2. The van der Waals surface area contributed by atoms with Crippen molar-refractivity contribution < 1.29 is 9.59 Å². The second-order valence-electron chi connectivity index (χ2n) is 5.07. The fourth-order valence-electron chi connectivity index (χ4n) is 2.36. The molecule has 1 aromatic carbocycles. The smallest absolute Gasteiger partial charge is 0.227 e. The topological polar surface area (TPSA) is 61.4 Å². The molecule has 2 rings (SSSR count). The van der Waals surface area contributed by atoms with E-state index in [-0.39, 0.29) is 11.8 Å². The Morgan fingerprint density at radius 2 is 2.24 bits per heavy atom. The lowest BCUT2D eigenvalue weighted by molar-refractivity contribution is -0.117. The number of amides is 2. The molecule has 0 unspecified atom stereocenters.